The summed E-state index contributed by atoms with van der Waals surface area (Å²) in [5, 5.41) is 12.4. The van der Waals surface area contributed by atoms with Crippen molar-refractivity contribution in [3.8, 4) is 0 Å². The summed E-state index contributed by atoms with van der Waals surface area (Å²) in [6.07, 6.45) is -0.675. The van der Waals surface area contributed by atoms with Gasteiger partial charge in [0, 0.05) is 13.2 Å². The number of halogens is 1. The van der Waals surface area contributed by atoms with Gasteiger partial charge in [-0.2, -0.15) is 0 Å². The second-order valence-electron chi connectivity index (χ2n) is 3.79. The molecule has 1 unspecified atom stereocenters. The summed E-state index contributed by atoms with van der Waals surface area (Å²) in [5.74, 6) is -0.332. The number of hydrogen-bond acceptors (Lipinski definition) is 4. The predicted octanol–water partition coefficient (Wildman–Crippen LogP) is 1.65. The average molecular weight is 257 g/mol. The van der Waals surface area contributed by atoms with Crippen LogP contribution in [0.4, 0.5) is 10.1 Å². The fourth-order valence-corrected chi connectivity index (χ4v) is 1.37. The van der Waals surface area contributed by atoms with Gasteiger partial charge in [0.25, 0.3) is 0 Å². The minimum absolute atomic E-state index is 0.203. The predicted molar refractivity (Wildman–Crippen MR) is 68.2 cm³/mol. The quantitative estimate of drug-likeness (QED) is 0.660. The largest absolute Gasteiger partial charge is 0.389 e. The van der Waals surface area contributed by atoms with E-state index in [9.17, 15) is 9.50 Å². The molecule has 0 saturated carbocycles. The molecule has 102 valence electrons. The van der Waals surface area contributed by atoms with Crippen molar-refractivity contribution in [3.63, 3.8) is 0 Å². The SMILES string of the molecule is CCOCCOCC(O)CNc1ccccc1F. The summed E-state index contributed by atoms with van der Waals surface area (Å²) >= 11 is 0. The molecular weight excluding hydrogens is 237 g/mol. The van der Waals surface area contributed by atoms with E-state index in [4.69, 9.17) is 9.47 Å². The molecule has 0 spiro atoms. The third-order valence-electron chi connectivity index (χ3n) is 2.29. The van der Waals surface area contributed by atoms with Crippen LogP contribution in [0.5, 0.6) is 0 Å². The average Bonchev–Trinajstić information content (AvgIpc) is 2.37. The Morgan fingerprint density at radius 2 is 2.00 bits per heavy atom. The highest BCUT2D eigenvalue weighted by Crippen LogP contribution is 2.11. The Kier molecular flexibility index (Phi) is 7.32. The zero-order valence-corrected chi connectivity index (χ0v) is 10.6. The molecule has 1 atom stereocenters. The Hall–Kier alpha value is -1.17. The van der Waals surface area contributed by atoms with Gasteiger partial charge in [0.05, 0.1) is 31.6 Å². The fraction of sp³-hybridized carbons (Fsp3) is 0.538. The molecule has 1 aromatic rings. The van der Waals surface area contributed by atoms with Crippen LogP contribution >= 0.6 is 0 Å². The van der Waals surface area contributed by atoms with Crippen LogP contribution < -0.4 is 5.32 Å². The van der Waals surface area contributed by atoms with E-state index in [1.165, 1.54) is 6.07 Å². The van der Waals surface area contributed by atoms with Crippen LogP contribution in [0, 0.1) is 5.82 Å². The molecule has 0 aromatic heterocycles. The van der Waals surface area contributed by atoms with Crippen molar-refractivity contribution in [2.45, 2.75) is 13.0 Å². The van der Waals surface area contributed by atoms with E-state index in [1.807, 2.05) is 6.92 Å². The molecule has 1 aromatic carbocycles. The van der Waals surface area contributed by atoms with Crippen molar-refractivity contribution in [2.75, 3.05) is 38.3 Å². The second kappa shape index (κ2) is 8.85. The van der Waals surface area contributed by atoms with E-state index in [2.05, 4.69) is 5.32 Å². The highest BCUT2D eigenvalue weighted by Gasteiger charge is 2.06. The summed E-state index contributed by atoms with van der Waals surface area (Å²) in [6, 6.07) is 6.34. The first-order valence-corrected chi connectivity index (χ1v) is 6.06. The van der Waals surface area contributed by atoms with E-state index in [-0.39, 0.29) is 19.0 Å². The van der Waals surface area contributed by atoms with E-state index >= 15 is 0 Å². The molecule has 0 aliphatic rings. The van der Waals surface area contributed by atoms with Gasteiger partial charge in [-0.05, 0) is 19.1 Å². The lowest BCUT2D eigenvalue weighted by atomic mass is 10.3. The number of ether oxygens (including phenoxy) is 2. The molecule has 5 heteroatoms. The molecule has 2 N–H and O–H groups in total. The number of aliphatic hydroxyl groups excluding tert-OH is 1. The molecule has 0 bridgehead atoms. The maximum absolute atomic E-state index is 13.2. The number of anilines is 1. The van der Waals surface area contributed by atoms with Crippen molar-refractivity contribution in [3.05, 3.63) is 30.1 Å². The Balaban J connectivity index is 2.13. The first-order valence-electron chi connectivity index (χ1n) is 6.06. The van der Waals surface area contributed by atoms with Gasteiger partial charge < -0.3 is 19.9 Å². The van der Waals surface area contributed by atoms with Crippen LogP contribution in [-0.2, 0) is 9.47 Å². The van der Waals surface area contributed by atoms with E-state index < -0.39 is 6.10 Å². The van der Waals surface area contributed by atoms with Crippen molar-refractivity contribution >= 4 is 5.69 Å². The highest BCUT2D eigenvalue weighted by molar-refractivity contribution is 5.44. The molecule has 18 heavy (non-hydrogen) atoms. The minimum Gasteiger partial charge on any atom is -0.389 e. The first-order chi connectivity index (χ1) is 8.74. The van der Waals surface area contributed by atoms with Crippen molar-refractivity contribution in [1.82, 2.24) is 0 Å². The molecule has 0 aliphatic carbocycles. The van der Waals surface area contributed by atoms with Crippen molar-refractivity contribution in [2.24, 2.45) is 0 Å². The topological polar surface area (TPSA) is 50.7 Å². The summed E-state index contributed by atoms with van der Waals surface area (Å²) in [7, 11) is 0. The lowest BCUT2D eigenvalue weighted by molar-refractivity contribution is 0.0103. The maximum atomic E-state index is 13.2. The number of benzene rings is 1. The molecule has 0 amide bonds. The molecule has 0 radical (unpaired) electrons. The molecular formula is C13H20FNO3. The summed E-state index contributed by atoms with van der Waals surface area (Å²) in [6.45, 7) is 3.98. The normalized spacial score (nSPS) is 12.4. The lowest BCUT2D eigenvalue weighted by Crippen LogP contribution is -2.26. The van der Waals surface area contributed by atoms with Gasteiger partial charge in [-0.3, -0.25) is 0 Å². The second-order valence-corrected chi connectivity index (χ2v) is 3.79. The van der Waals surface area contributed by atoms with Crippen LogP contribution in [0.2, 0.25) is 0 Å². The Morgan fingerprint density at radius 3 is 2.72 bits per heavy atom. The number of hydrogen-bond donors (Lipinski definition) is 2. The van der Waals surface area contributed by atoms with E-state index in [0.29, 0.717) is 25.5 Å². The molecule has 1 rings (SSSR count). The van der Waals surface area contributed by atoms with Gasteiger partial charge >= 0.3 is 0 Å². The van der Waals surface area contributed by atoms with E-state index in [1.54, 1.807) is 18.2 Å². The Morgan fingerprint density at radius 1 is 1.28 bits per heavy atom. The van der Waals surface area contributed by atoms with Crippen LogP contribution in [0.1, 0.15) is 6.92 Å². The molecule has 4 nitrogen and oxygen atoms in total. The van der Waals surface area contributed by atoms with Crippen molar-refractivity contribution in [1.29, 1.82) is 0 Å². The zero-order valence-electron chi connectivity index (χ0n) is 10.6. The number of aliphatic hydroxyl groups is 1. The van der Waals surface area contributed by atoms with Crippen LogP contribution in [0.15, 0.2) is 24.3 Å². The maximum Gasteiger partial charge on any atom is 0.146 e. The van der Waals surface area contributed by atoms with Gasteiger partial charge in [0.15, 0.2) is 0 Å². The van der Waals surface area contributed by atoms with Gasteiger partial charge in [0.1, 0.15) is 5.82 Å². The van der Waals surface area contributed by atoms with Crippen LogP contribution in [-0.4, -0.2) is 44.2 Å². The highest BCUT2D eigenvalue weighted by atomic mass is 19.1. The Bertz CT molecular complexity index is 336. The first kappa shape index (κ1) is 14.9. The monoisotopic (exact) mass is 257 g/mol. The van der Waals surface area contributed by atoms with Crippen molar-refractivity contribution < 1.29 is 19.0 Å². The van der Waals surface area contributed by atoms with Gasteiger partial charge in [-0.25, -0.2) is 4.39 Å². The van der Waals surface area contributed by atoms with Gasteiger partial charge in [0.2, 0.25) is 0 Å². The van der Waals surface area contributed by atoms with Crippen LogP contribution in [0.3, 0.4) is 0 Å². The molecule has 0 aliphatic heterocycles. The number of para-hydroxylation sites is 1. The fourth-order valence-electron chi connectivity index (χ4n) is 1.37. The third kappa shape index (κ3) is 5.95. The van der Waals surface area contributed by atoms with Crippen LogP contribution in [0.25, 0.3) is 0 Å². The summed E-state index contributed by atoms with van der Waals surface area (Å²) < 4.78 is 23.5. The molecule has 0 fully saturated rings. The molecule has 0 heterocycles. The summed E-state index contributed by atoms with van der Waals surface area (Å²) in [5.41, 5.74) is 0.380. The Labute approximate surface area is 107 Å². The standard InChI is InChI=1S/C13H20FNO3/c1-2-17-7-8-18-10-11(16)9-15-13-6-4-3-5-12(13)14/h3-6,11,15-16H,2,7-10H2,1H3. The zero-order chi connectivity index (χ0) is 13.2. The minimum atomic E-state index is -0.675. The van der Waals surface area contributed by atoms with Gasteiger partial charge in [-0.15, -0.1) is 0 Å². The number of rotatable bonds is 9. The summed E-state index contributed by atoms with van der Waals surface area (Å²) in [4.78, 5) is 0. The smallest absolute Gasteiger partial charge is 0.146 e. The lowest BCUT2D eigenvalue weighted by Gasteiger charge is -2.13. The number of nitrogens with one attached hydrogen (secondary N) is 1. The third-order valence-corrected chi connectivity index (χ3v) is 2.29. The molecule has 0 saturated heterocycles. The van der Waals surface area contributed by atoms with Gasteiger partial charge in [-0.1, -0.05) is 12.1 Å². The van der Waals surface area contributed by atoms with E-state index in [0.717, 1.165) is 0 Å².